The van der Waals surface area contributed by atoms with Gasteiger partial charge in [0.1, 0.15) is 5.82 Å². The first-order valence-electron chi connectivity index (χ1n) is 6.58. The van der Waals surface area contributed by atoms with Crippen LogP contribution in [0, 0.1) is 12.7 Å². The van der Waals surface area contributed by atoms with Crippen LogP contribution in [0.4, 0.5) is 4.39 Å². The van der Waals surface area contributed by atoms with Crippen LogP contribution in [0.1, 0.15) is 37.8 Å². The number of halogens is 2. The molecule has 0 atom stereocenters. The van der Waals surface area contributed by atoms with Crippen molar-refractivity contribution in [1.29, 1.82) is 0 Å². The van der Waals surface area contributed by atoms with Crippen LogP contribution >= 0.6 is 11.6 Å². The molecule has 3 nitrogen and oxygen atoms in total. The van der Waals surface area contributed by atoms with Gasteiger partial charge in [-0.15, -0.1) is 11.6 Å². The van der Waals surface area contributed by atoms with Crippen molar-refractivity contribution in [3.8, 4) is 0 Å². The zero-order chi connectivity index (χ0) is 15.1. The van der Waals surface area contributed by atoms with E-state index in [2.05, 4.69) is 0 Å². The van der Waals surface area contributed by atoms with Crippen molar-refractivity contribution in [2.75, 3.05) is 6.54 Å². The summed E-state index contributed by atoms with van der Waals surface area (Å²) < 4.78 is 40.8. The summed E-state index contributed by atoms with van der Waals surface area (Å²) in [6, 6.07) is 2.73. The minimum absolute atomic E-state index is 0.0422. The minimum Gasteiger partial charge on any atom is -0.207 e. The van der Waals surface area contributed by atoms with Crippen molar-refractivity contribution in [3.05, 3.63) is 29.1 Å². The third-order valence-corrected chi connectivity index (χ3v) is 6.24. The van der Waals surface area contributed by atoms with Gasteiger partial charge < -0.3 is 0 Å². The second kappa shape index (κ2) is 5.28. The molecule has 6 heteroatoms. The average molecular weight is 320 g/mol. The van der Waals surface area contributed by atoms with Gasteiger partial charge in [0.05, 0.1) is 10.8 Å². The summed E-state index contributed by atoms with van der Waals surface area (Å²) in [6.07, 6.45) is 1.67. The smallest absolute Gasteiger partial charge is 0.207 e. The number of hydrogen-bond acceptors (Lipinski definition) is 2. The monoisotopic (exact) mass is 319 g/mol. The summed E-state index contributed by atoms with van der Waals surface area (Å²) in [4.78, 5) is 0.127. The maximum Gasteiger partial charge on any atom is 0.243 e. The number of aryl methyl sites for hydroxylation is 1. The zero-order valence-electron chi connectivity index (χ0n) is 11.9. The van der Waals surface area contributed by atoms with E-state index in [1.807, 2.05) is 13.8 Å². The van der Waals surface area contributed by atoms with E-state index in [-0.39, 0.29) is 16.3 Å². The summed E-state index contributed by atoms with van der Waals surface area (Å²) in [5.74, 6) is -0.473. The van der Waals surface area contributed by atoms with Crippen LogP contribution in [-0.2, 0) is 15.9 Å². The summed E-state index contributed by atoms with van der Waals surface area (Å²) in [7, 11) is -3.61. The lowest BCUT2D eigenvalue weighted by Gasteiger charge is -2.30. The normalized spacial score (nSPS) is 19.4. The van der Waals surface area contributed by atoms with E-state index in [0.717, 1.165) is 12.8 Å². The Morgan fingerprint density at radius 1 is 1.40 bits per heavy atom. The van der Waals surface area contributed by atoms with E-state index >= 15 is 0 Å². The molecule has 0 aliphatic carbocycles. The lowest BCUT2D eigenvalue weighted by Crippen LogP contribution is -2.42. The molecule has 1 aliphatic heterocycles. The van der Waals surface area contributed by atoms with Crippen LogP contribution in [-0.4, -0.2) is 24.8 Å². The van der Waals surface area contributed by atoms with Gasteiger partial charge in [-0.1, -0.05) is 0 Å². The van der Waals surface area contributed by atoms with E-state index < -0.39 is 21.4 Å². The third-order valence-electron chi connectivity index (χ3n) is 3.86. The first kappa shape index (κ1) is 15.7. The fourth-order valence-corrected chi connectivity index (χ4v) is 4.89. The van der Waals surface area contributed by atoms with Crippen LogP contribution in [0.15, 0.2) is 17.0 Å². The topological polar surface area (TPSA) is 37.4 Å². The van der Waals surface area contributed by atoms with Crippen LogP contribution < -0.4 is 0 Å². The van der Waals surface area contributed by atoms with E-state index in [1.54, 1.807) is 6.92 Å². The van der Waals surface area contributed by atoms with E-state index in [9.17, 15) is 12.8 Å². The molecular formula is C14H19ClFNO2S. The fraction of sp³-hybridized carbons (Fsp3) is 0.571. The molecular weight excluding hydrogens is 301 g/mol. The van der Waals surface area contributed by atoms with Gasteiger partial charge in [0, 0.05) is 17.6 Å². The molecule has 0 N–H and O–H groups in total. The molecule has 1 saturated heterocycles. The Hall–Kier alpha value is -0.650. The number of rotatable bonds is 3. The van der Waals surface area contributed by atoms with Crippen LogP contribution in [0.3, 0.4) is 0 Å². The molecule has 1 aliphatic rings. The molecule has 0 unspecified atom stereocenters. The van der Waals surface area contributed by atoms with Crippen LogP contribution in [0.5, 0.6) is 0 Å². The standard InChI is InChI=1S/C14H19ClFNO2S/c1-10-7-12(8-11(9-15)13(10)16)20(18,19)17-6-4-5-14(17,2)3/h7-8H,4-6,9H2,1-3H3. The molecule has 20 heavy (non-hydrogen) atoms. The van der Waals surface area contributed by atoms with Crippen LogP contribution in [0.2, 0.25) is 0 Å². The molecule has 0 bridgehead atoms. The highest BCUT2D eigenvalue weighted by Gasteiger charge is 2.41. The van der Waals surface area contributed by atoms with Crippen molar-refractivity contribution >= 4 is 21.6 Å². The molecule has 2 rings (SSSR count). The van der Waals surface area contributed by atoms with Crippen molar-refractivity contribution < 1.29 is 12.8 Å². The predicted molar refractivity (Wildman–Crippen MR) is 77.9 cm³/mol. The molecule has 1 aromatic carbocycles. The maximum atomic E-state index is 13.8. The Morgan fingerprint density at radius 2 is 2.05 bits per heavy atom. The second-order valence-electron chi connectivity index (χ2n) is 5.84. The predicted octanol–water partition coefficient (Wildman–Crippen LogP) is 3.44. The first-order valence-corrected chi connectivity index (χ1v) is 8.55. The first-order chi connectivity index (χ1) is 9.20. The third kappa shape index (κ3) is 2.59. The Kier molecular flexibility index (Phi) is 4.15. The molecule has 1 aromatic rings. The molecule has 1 fully saturated rings. The van der Waals surface area contributed by atoms with E-state index in [1.165, 1.54) is 16.4 Å². The van der Waals surface area contributed by atoms with Gasteiger partial charge in [0.2, 0.25) is 10.0 Å². The SMILES string of the molecule is Cc1cc(S(=O)(=O)N2CCCC2(C)C)cc(CCl)c1F. The van der Waals surface area contributed by atoms with Gasteiger partial charge in [-0.3, -0.25) is 0 Å². The average Bonchev–Trinajstić information content (AvgIpc) is 2.72. The molecule has 0 amide bonds. The molecule has 0 spiro atoms. The van der Waals surface area contributed by atoms with Gasteiger partial charge >= 0.3 is 0 Å². The molecule has 112 valence electrons. The van der Waals surface area contributed by atoms with Crippen molar-refractivity contribution in [2.45, 2.75) is 49.9 Å². The van der Waals surface area contributed by atoms with Gasteiger partial charge in [-0.25, -0.2) is 12.8 Å². The Morgan fingerprint density at radius 3 is 2.55 bits per heavy atom. The maximum absolute atomic E-state index is 13.8. The highest BCUT2D eigenvalue weighted by Crippen LogP contribution is 2.34. The Bertz CT molecular complexity index is 628. The van der Waals surface area contributed by atoms with Gasteiger partial charge in [-0.2, -0.15) is 4.31 Å². The quantitative estimate of drug-likeness (QED) is 0.800. The summed E-state index contributed by atoms with van der Waals surface area (Å²) in [5, 5.41) is 0. The van der Waals surface area contributed by atoms with Crippen LogP contribution in [0.25, 0.3) is 0 Å². The number of alkyl halides is 1. The second-order valence-corrected chi connectivity index (χ2v) is 7.97. The molecule has 0 aromatic heterocycles. The van der Waals surface area contributed by atoms with E-state index in [0.29, 0.717) is 12.1 Å². The van der Waals surface area contributed by atoms with Crippen molar-refractivity contribution in [1.82, 2.24) is 4.31 Å². The number of hydrogen-bond donors (Lipinski definition) is 0. The highest BCUT2D eigenvalue weighted by atomic mass is 35.5. The Labute approximate surface area is 124 Å². The molecule has 0 radical (unpaired) electrons. The molecule has 0 saturated carbocycles. The Balaban J connectivity index is 2.53. The van der Waals surface area contributed by atoms with E-state index in [4.69, 9.17) is 11.6 Å². The largest absolute Gasteiger partial charge is 0.243 e. The number of sulfonamides is 1. The molecule has 1 heterocycles. The summed E-state index contributed by atoms with van der Waals surface area (Å²) in [6.45, 7) is 5.88. The highest BCUT2D eigenvalue weighted by molar-refractivity contribution is 7.89. The van der Waals surface area contributed by atoms with Gasteiger partial charge in [0.15, 0.2) is 0 Å². The zero-order valence-corrected chi connectivity index (χ0v) is 13.5. The summed E-state index contributed by atoms with van der Waals surface area (Å²) >= 11 is 5.69. The van der Waals surface area contributed by atoms with Crippen molar-refractivity contribution in [3.63, 3.8) is 0 Å². The lowest BCUT2D eigenvalue weighted by molar-refractivity contribution is 0.291. The van der Waals surface area contributed by atoms with Crippen molar-refractivity contribution in [2.24, 2.45) is 0 Å². The minimum atomic E-state index is -3.61. The fourth-order valence-electron chi connectivity index (χ4n) is 2.71. The van der Waals surface area contributed by atoms with Gasteiger partial charge in [0.25, 0.3) is 0 Å². The number of nitrogens with zero attached hydrogens (tertiary/aromatic N) is 1. The summed E-state index contributed by atoms with van der Waals surface area (Å²) in [5.41, 5.74) is 0.128. The van der Waals surface area contributed by atoms with Gasteiger partial charge in [-0.05, 0) is 51.3 Å². The lowest BCUT2D eigenvalue weighted by atomic mass is 10.0. The number of benzene rings is 1.